The van der Waals surface area contributed by atoms with E-state index in [9.17, 15) is 0 Å². The van der Waals surface area contributed by atoms with Gasteiger partial charge in [-0.05, 0) is 29.5 Å². The summed E-state index contributed by atoms with van der Waals surface area (Å²) in [7, 11) is 1.66. The van der Waals surface area contributed by atoms with Gasteiger partial charge in [-0.1, -0.05) is 32.9 Å². The average molecular weight is 259 g/mol. The number of aromatic amines is 1. The molecular weight excluding hydrogens is 238 g/mol. The van der Waals surface area contributed by atoms with Crippen LogP contribution >= 0.6 is 0 Å². The predicted octanol–water partition coefficient (Wildman–Crippen LogP) is 3.26. The minimum absolute atomic E-state index is 0.173. The van der Waals surface area contributed by atoms with E-state index < -0.39 is 0 Å². The Hall–Kier alpha value is -1.97. The van der Waals surface area contributed by atoms with Gasteiger partial charge in [-0.2, -0.15) is 5.10 Å². The second-order valence-corrected chi connectivity index (χ2v) is 5.93. The summed E-state index contributed by atoms with van der Waals surface area (Å²) in [4.78, 5) is 0. The van der Waals surface area contributed by atoms with Gasteiger partial charge in [-0.3, -0.25) is 5.10 Å². The molecule has 0 aliphatic heterocycles. The lowest BCUT2D eigenvalue weighted by Gasteiger charge is -2.18. The number of hydrogen-bond acceptors (Lipinski definition) is 3. The van der Waals surface area contributed by atoms with E-state index >= 15 is 0 Å². The molecule has 0 aliphatic rings. The third-order valence-corrected chi connectivity index (χ3v) is 2.93. The maximum atomic E-state index is 6.00. The molecule has 19 heavy (non-hydrogen) atoms. The first kappa shape index (κ1) is 13.5. The molecule has 0 radical (unpaired) electrons. The zero-order valence-corrected chi connectivity index (χ0v) is 11.9. The summed E-state index contributed by atoms with van der Waals surface area (Å²) in [5, 5.41) is 7.20. The van der Waals surface area contributed by atoms with Crippen LogP contribution in [0.25, 0.3) is 11.1 Å². The highest BCUT2D eigenvalue weighted by atomic mass is 16.5. The van der Waals surface area contributed by atoms with Crippen molar-refractivity contribution in [3.05, 3.63) is 30.0 Å². The summed E-state index contributed by atoms with van der Waals surface area (Å²) in [6.45, 7) is 6.58. The Morgan fingerprint density at radius 2 is 2.05 bits per heavy atom. The van der Waals surface area contributed by atoms with Gasteiger partial charge >= 0.3 is 0 Å². The number of H-pyrrole nitrogens is 1. The average Bonchev–Trinajstić information content (AvgIpc) is 2.68. The molecule has 2 rings (SSSR count). The lowest BCUT2D eigenvalue weighted by atomic mass is 9.88. The Labute approximate surface area is 114 Å². The van der Waals surface area contributed by atoms with Crippen molar-refractivity contribution < 1.29 is 4.74 Å². The number of rotatable bonds is 3. The maximum Gasteiger partial charge on any atom is 0.153 e. The van der Waals surface area contributed by atoms with Gasteiger partial charge in [0.05, 0.1) is 7.11 Å². The summed E-state index contributed by atoms with van der Waals surface area (Å²) in [5.74, 6) is 1.35. The number of nitrogens with two attached hydrogens (primary N) is 1. The van der Waals surface area contributed by atoms with Crippen molar-refractivity contribution >= 4 is 5.82 Å². The monoisotopic (exact) mass is 259 g/mol. The van der Waals surface area contributed by atoms with Crippen molar-refractivity contribution in [1.29, 1.82) is 0 Å². The number of aromatic nitrogens is 2. The first-order chi connectivity index (χ1) is 8.90. The lowest BCUT2D eigenvalue weighted by molar-refractivity contribution is 0.406. The van der Waals surface area contributed by atoms with Gasteiger partial charge in [0.1, 0.15) is 5.75 Å². The van der Waals surface area contributed by atoms with E-state index in [0.717, 1.165) is 29.0 Å². The van der Waals surface area contributed by atoms with Crippen LogP contribution in [-0.2, 0) is 6.42 Å². The Morgan fingerprint density at radius 3 is 2.68 bits per heavy atom. The second-order valence-electron chi connectivity index (χ2n) is 5.93. The van der Waals surface area contributed by atoms with Crippen LogP contribution in [0.2, 0.25) is 0 Å². The maximum absolute atomic E-state index is 6.00. The molecule has 0 amide bonds. The van der Waals surface area contributed by atoms with Crippen molar-refractivity contribution in [1.82, 2.24) is 10.2 Å². The molecule has 0 spiro atoms. The van der Waals surface area contributed by atoms with Crippen molar-refractivity contribution in [2.24, 2.45) is 5.41 Å². The number of nitrogen functional groups attached to an aromatic ring is 1. The molecule has 0 unspecified atom stereocenters. The van der Waals surface area contributed by atoms with Gasteiger partial charge in [0.15, 0.2) is 5.82 Å². The Bertz CT molecular complexity index is 567. The number of ether oxygens (including phenoxy) is 1. The molecule has 2 aromatic rings. The Balaban J connectivity index is 2.46. The van der Waals surface area contributed by atoms with Gasteiger partial charge in [0, 0.05) is 11.3 Å². The minimum Gasteiger partial charge on any atom is -0.497 e. The molecule has 0 bridgehead atoms. The first-order valence-corrected chi connectivity index (χ1v) is 6.38. The lowest BCUT2D eigenvalue weighted by Crippen LogP contribution is -2.10. The normalized spacial score (nSPS) is 11.6. The van der Waals surface area contributed by atoms with Crippen LogP contribution in [0.15, 0.2) is 24.3 Å². The highest BCUT2D eigenvalue weighted by Gasteiger charge is 2.19. The smallest absolute Gasteiger partial charge is 0.153 e. The summed E-state index contributed by atoms with van der Waals surface area (Å²) >= 11 is 0. The van der Waals surface area contributed by atoms with Crippen LogP contribution in [0, 0.1) is 5.41 Å². The predicted molar refractivity (Wildman–Crippen MR) is 78.1 cm³/mol. The summed E-state index contributed by atoms with van der Waals surface area (Å²) in [6.07, 6.45) is 0.893. The van der Waals surface area contributed by atoms with E-state index in [1.54, 1.807) is 7.11 Å². The Kier molecular flexibility index (Phi) is 3.51. The number of benzene rings is 1. The van der Waals surface area contributed by atoms with Crippen LogP contribution < -0.4 is 10.5 Å². The van der Waals surface area contributed by atoms with E-state index in [0.29, 0.717) is 5.82 Å². The van der Waals surface area contributed by atoms with Gasteiger partial charge < -0.3 is 10.5 Å². The molecule has 4 nitrogen and oxygen atoms in total. The second kappa shape index (κ2) is 4.96. The van der Waals surface area contributed by atoms with Crippen LogP contribution in [0.3, 0.4) is 0 Å². The van der Waals surface area contributed by atoms with Crippen LogP contribution in [-0.4, -0.2) is 17.3 Å². The van der Waals surface area contributed by atoms with E-state index in [4.69, 9.17) is 10.5 Å². The molecule has 1 aromatic carbocycles. The van der Waals surface area contributed by atoms with E-state index in [-0.39, 0.29) is 5.41 Å². The number of methoxy groups -OCH3 is 1. The molecule has 0 saturated heterocycles. The molecule has 0 atom stereocenters. The summed E-state index contributed by atoms with van der Waals surface area (Å²) in [5.41, 5.74) is 9.25. The fourth-order valence-electron chi connectivity index (χ4n) is 2.15. The molecule has 0 fully saturated rings. The van der Waals surface area contributed by atoms with E-state index in [1.807, 2.05) is 24.3 Å². The minimum atomic E-state index is 0.173. The number of nitrogens with one attached hydrogen (secondary N) is 1. The standard InChI is InChI=1S/C15H21N3O/c1-15(2,3)9-12-13(14(16)18-17-12)10-6-5-7-11(8-10)19-4/h5-8H,9H2,1-4H3,(H3,16,17,18). The fourth-order valence-corrected chi connectivity index (χ4v) is 2.15. The molecule has 102 valence electrons. The number of nitrogens with zero attached hydrogens (tertiary/aromatic N) is 1. The molecular formula is C15H21N3O. The van der Waals surface area contributed by atoms with E-state index in [1.165, 1.54) is 0 Å². The first-order valence-electron chi connectivity index (χ1n) is 6.38. The van der Waals surface area contributed by atoms with Gasteiger partial charge in [0.25, 0.3) is 0 Å². The largest absolute Gasteiger partial charge is 0.497 e. The molecule has 3 N–H and O–H groups in total. The van der Waals surface area contributed by atoms with Gasteiger partial charge in [-0.15, -0.1) is 0 Å². The van der Waals surface area contributed by atoms with Gasteiger partial charge in [0.2, 0.25) is 0 Å². The van der Waals surface area contributed by atoms with Crippen molar-refractivity contribution in [3.63, 3.8) is 0 Å². The fraction of sp³-hybridized carbons (Fsp3) is 0.400. The molecule has 1 aromatic heterocycles. The third-order valence-electron chi connectivity index (χ3n) is 2.93. The van der Waals surface area contributed by atoms with Gasteiger partial charge in [-0.25, -0.2) is 0 Å². The van der Waals surface area contributed by atoms with Crippen molar-refractivity contribution in [3.8, 4) is 16.9 Å². The van der Waals surface area contributed by atoms with Crippen molar-refractivity contribution in [2.45, 2.75) is 27.2 Å². The Morgan fingerprint density at radius 1 is 1.32 bits per heavy atom. The third kappa shape index (κ3) is 3.08. The van der Waals surface area contributed by atoms with Crippen LogP contribution in [0.5, 0.6) is 5.75 Å². The highest BCUT2D eigenvalue weighted by Crippen LogP contribution is 2.33. The number of anilines is 1. The molecule has 0 saturated carbocycles. The molecule has 4 heteroatoms. The zero-order chi connectivity index (χ0) is 14.0. The molecule has 1 heterocycles. The van der Waals surface area contributed by atoms with Crippen molar-refractivity contribution in [2.75, 3.05) is 12.8 Å². The highest BCUT2D eigenvalue weighted by molar-refractivity contribution is 5.77. The zero-order valence-electron chi connectivity index (χ0n) is 11.9. The quantitative estimate of drug-likeness (QED) is 0.889. The molecule has 0 aliphatic carbocycles. The summed E-state index contributed by atoms with van der Waals surface area (Å²) in [6, 6.07) is 7.88. The number of hydrogen-bond donors (Lipinski definition) is 2. The topological polar surface area (TPSA) is 63.9 Å². The van der Waals surface area contributed by atoms with Crippen LogP contribution in [0.4, 0.5) is 5.82 Å². The summed E-state index contributed by atoms with van der Waals surface area (Å²) < 4.78 is 5.26. The van der Waals surface area contributed by atoms with E-state index in [2.05, 4.69) is 31.0 Å². The SMILES string of the molecule is COc1cccc(-c2c(N)n[nH]c2CC(C)(C)C)c1. The van der Waals surface area contributed by atoms with Crippen LogP contribution in [0.1, 0.15) is 26.5 Å².